The van der Waals surface area contributed by atoms with E-state index in [4.69, 9.17) is 23.2 Å². The largest absolute Gasteiger partial charge is 0.737 e. The minimum Gasteiger partial charge on any atom is -0.396 e. The first kappa shape index (κ1) is 13.8. The van der Waals surface area contributed by atoms with Crippen LogP contribution >= 0.6 is 23.2 Å². The van der Waals surface area contributed by atoms with Gasteiger partial charge in [0.05, 0.1) is 15.6 Å². The number of hydrogen-bond acceptors (Lipinski definition) is 0. The zero-order valence-corrected chi connectivity index (χ0v) is 12.7. The number of nitrogens with zero attached hydrogens (tertiary/aromatic N) is 2. The standard InChI is InChI=1S/C15H9BCl2F2N2/c17-11-6-5-10(9-12(11)18)15-13-3-1-7-21(13)16(19,20)22-8-2-4-14(15)22/h1-9H. The molecule has 4 rings (SSSR count). The number of hydrogen-bond donors (Lipinski definition) is 0. The van der Waals surface area contributed by atoms with Crippen LogP contribution in [0.3, 0.4) is 0 Å². The van der Waals surface area contributed by atoms with Gasteiger partial charge in [-0.1, -0.05) is 29.3 Å². The third-order valence-electron chi connectivity index (χ3n) is 3.95. The third-order valence-corrected chi connectivity index (χ3v) is 4.69. The molecule has 0 N–H and O–H groups in total. The van der Waals surface area contributed by atoms with E-state index in [1.165, 1.54) is 12.4 Å². The lowest BCUT2D eigenvalue weighted by Gasteiger charge is -2.30. The Hall–Kier alpha value is -1.85. The molecule has 1 aromatic carbocycles. The van der Waals surface area contributed by atoms with Crippen molar-refractivity contribution in [1.82, 2.24) is 4.48 Å². The van der Waals surface area contributed by atoms with Crippen molar-refractivity contribution in [2.24, 2.45) is 0 Å². The summed E-state index contributed by atoms with van der Waals surface area (Å²) in [5, 5.41) is 0.827. The molecule has 1 aromatic heterocycles. The van der Waals surface area contributed by atoms with Gasteiger partial charge in [0.1, 0.15) is 6.21 Å². The first-order chi connectivity index (χ1) is 10.5. The second-order valence-corrected chi connectivity index (χ2v) is 6.01. The molecule has 2 nitrogen and oxygen atoms in total. The van der Waals surface area contributed by atoms with Gasteiger partial charge in [-0.15, -0.1) is 0 Å². The van der Waals surface area contributed by atoms with Crippen LogP contribution in [0.4, 0.5) is 8.63 Å². The van der Waals surface area contributed by atoms with Gasteiger partial charge in [-0.3, -0.25) is 0 Å². The SMILES string of the molecule is F[B-]1(F)n2cccc2C(c2ccc(Cl)c(Cl)c2)=C2C=CC=[N+]21. The van der Waals surface area contributed by atoms with Crippen LogP contribution in [0.5, 0.6) is 0 Å². The van der Waals surface area contributed by atoms with Crippen LogP contribution in [0, 0.1) is 0 Å². The van der Waals surface area contributed by atoms with Crippen molar-refractivity contribution < 1.29 is 13.1 Å². The van der Waals surface area contributed by atoms with E-state index in [1.807, 2.05) is 0 Å². The van der Waals surface area contributed by atoms with Crippen molar-refractivity contribution in [2.75, 3.05) is 0 Å². The Labute approximate surface area is 135 Å². The monoisotopic (exact) mass is 336 g/mol. The topological polar surface area (TPSA) is 7.94 Å². The molecule has 7 heteroatoms. The number of halogens is 4. The van der Waals surface area contributed by atoms with Gasteiger partial charge < -0.3 is 17.6 Å². The number of rotatable bonds is 1. The smallest absolute Gasteiger partial charge is 0.396 e. The molecule has 0 bridgehead atoms. The highest BCUT2D eigenvalue weighted by Gasteiger charge is 2.51. The fraction of sp³-hybridized carbons (Fsp3) is 0. The van der Waals surface area contributed by atoms with Crippen LogP contribution in [-0.4, -0.2) is 22.1 Å². The number of allylic oxidation sites excluding steroid dienone is 2. The third kappa shape index (κ3) is 1.76. The Morgan fingerprint density at radius 2 is 1.91 bits per heavy atom. The van der Waals surface area contributed by atoms with Crippen LogP contribution in [0.2, 0.25) is 10.0 Å². The van der Waals surface area contributed by atoms with Crippen LogP contribution in [0.15, 0.2) is 54.4 Å². The van der Waals surface area contributed by atoms with Crippen molar-refractivity contribution in [3.63, 3.8) is 0 Å². The van der Waals surface area contributed by atoms with Gasteiger partial charge in [-0.05, 0) is 36.0 Å². The van der Waals surface area contributed by atoms with E-state index in [1.54, 1.807) is 42.5 Å². The molecule has 2 aromatic rings. The highest BCUT2D eigenvalue weighted by Crippen LogP contribution is 2.39. The highest BCUT2D eigenvalue weighted by atomic mass is 35.5. The summed E-state index contributed by atoms with van der Waals surface area (Å²) >= 11 is 12.0. The minimum absolute atomic E-state index is 0.394. The van der Waals surface area contributed by atoms with Crippen molar-refractivity contribution >= 4 is 42.0 Å². The molecule has 0 fully saturated rings. The fourth-order valence-electron chi connectivity index (χ4n) is 2.97. The number of aromatic nitrogens is 1. The lowest BCUT2D eigenvalue weighted by molar-refractivity contribution is -0.356. The Morgan fingerprint density at radius 3 is 2.68 bits per heavy atom. The quantitative estimate of drug-likeness (QED) is 0.680. The summed E-state index contributed by atoms with van der Waals surface area (Å²) in [5.41, 5.74) is 2.39. The molecule has 0 saturated heterocycles. The molecule has 0 amide bonds. The maximum Gasteiger partial charge on any atom is 0.737 e. The molecule has 0 unspecified atom stereocenters. The Morgan fingerprint density at radius 1 is 1.09 bits per heavy atom. The molecule has 22 heavy (non-hydrogen) atoms. The molecule has 110 valence electrons. The summed E-state index contributed by atoms with van der Waals surface area (Å²) < 4.78 is 31.3. The van der Waals surface area contributed by atoms with Gasteiger partial charge in [-0.25, -0.2) is 0 Å². The first-order valence-electron chi connectivity index (χ1n) is 6.69. The zero-order chi connectivity index (χ0) is 15.5. The molecule has 0 radical (unpaired) electrons. The second-order valence-electron chi connectivity index (χ2n) is 5.19. The second kappa shape index (κ2) is 4.57. The average Bonchev–Trinajstić information content (AvgIpc) is 3.12. The molecule has 0 aliphatic carbocycles. The van der Waals surface area contributed by atoms with Gasteiger partial charge in [0.25, 0.3) is 0 Å². The summed E-state index contributed by atoms with van der Waals surface area (Å²) in [7, 11) is 0. The maximum absolute atomic E-state index is 14.6. The van der Waals surface area contributed by atoms with Crippen molar-refractivity contribution in [2.45, 2.75) is 0 Å². The molecular formula is C15H9BCl2F2N2. The lowest BCUT2D eigenvalue weighted by atomic mass is 9.86. The zero-order valence-electron chi connectivity index (χ0n) is 11.2. The molecular weight excluding hydrogens is 328 g/mol. The normalized spacial score (nSPS) is 18.3. The summed E-state index contributed by atoms with van der Waals surface area (Å²) in [6.07, 6.45) is 6.10. The fourth-order valence-corrected chi connectivity index (χ4v) is 3.26. The summed E-state index contributed by atoms with van der Waals surface area (Å²) in [4.78, 5) is 0. The van der Waals surface area contributed by atoms with Gasteiger partial charge in [0.15, 0.2) is 5.70 Å². The van der Waals surface area contributed by atoms with E-state index in [0.717, 1.165) is 14.5 Å². The van der Waals surface area contributed by atoms with Crippen LogP contribution < -0.4 is 0 Å². The average molecular weight is 337 g/mol. The molecule has 2 aliphatic rings. The molecule has 0 saturated carbocycles. The number of benzene rings is 1. The van der Waals surface area contributed by atoms with E-state index < -0.39 is 6.97 Å². The van der Waals surface area contributed by atoms with Crippen LogP contribution in [0.25, 0.3) is 5.57 Å². The van der Waals surface area contributed by atoms with Crippen LogP contribution in [-0.2, 0) is 0 Å². The summed E-state index contributed by atoms with van der Waals surface area (Å²) in [6.45, 7) is -3.88. The van der Waals surface area contributed by atoms with Crippen molar-refractivity contribution in [1.29, 1.82) is 0 Å². The Kier molecular flexibility index (Phi) is 2.87. The van der Waals surface area contributed by atoms with E-state index in [2.05, 4.69) is 0 Å². The minimum atomic E-state index is -3.88. The Bertz CT molecular complexity index is 897. The lowest BCUT2D eigenvalue weighted by Crippen LogP contribution is -2.49. The van der Waals surface area contributed by atoms with Crippen molar-refractivity contribution in [3.8, 4) is 0 Å². The Balaban J connectivity index is 2.04. The summed E-state index contributed by atoms with van der Waals surface area (Å²) in [5.74, 6) is 0. The van der Waals surface area contributed by atoms with Gasteiger partial charge in [0, 0.05) is 17.8 Å². The van der Waals surface area contributed by atoms with E-state index in [-0.39, 0.29) is 0 Å². The molecule has 0 atom stereocenters. The van der Waals surface area contributed by atoms with E-state index >= 15 is 0 Å². The first-order valence-corrected chi connectivity index (χ1v) is 7.45. The van der Waals surface area contributed by atoms with Crippen molar-refractivity contribution in [3.05, 3.63) is 75.7 Å². The summed E-state index contributed by atoms with van der Waals surface area (Å²) in [6, 6.07) is 8.46. The van der Waals surface area contributed by atoms with E-state index in [9.17, 15) is 8.63 Å². The number of fused-ring (bicyclic) bond motifs is 2. The van der Waals surface area contributed by atoms with Gasteiger partial charge in [-0.2, -0.15) is 0 Å². The molecule has 3 heterocycles. The maximum atomic E-state index is 14.6. The van der Waals surface area contributed by atoms with Crippen LogP contribution in [0.1, 0.15) is 11.3 Å². The predicted molar refractivity (Wildman–Crippen MR) is 85.7 cm³/mol. The van der Waals surface area contributed by atoms with Gasteiger partial charge >= 0.3 is 6.97 Å². The molecule has 0 spiro atoms. The van der Waals surface area contributed by atoms with Gasteiger partial charge in [0.2, 0.25) is 0 Å². The van der Waals surface area contributed by atoms with E-state index in [0.29, 0.717) is 27.0 Å². The molecule has 2 aliphatic heterocycles. The predicted octanol–water partition coefficient (Wildman–Crippen LogP) is 4.44. The highest BCUT2D eigenvalue weighted by molar-refractivity contribution is 6.57.